The number of aromatic nitrogens is 2. The quantitative estimate of drug-likeness (QED) is 0.693. The highest BCUT2D eigenvalue weighted by Crippen LogP contribution is 2.26. The van der Waals surface area contributed by atoms with Crippen molar-refractivity contribution in [3.05, 3.63) is 53.3 Å². The van der Waals surface area contributed by atoms with Gasteiger partial charge >= 0.3 is 0 Å². The molecule has 20 heavy (non-hydrogen) atoms. The Bertz CT molecular complexity index is 824. The third-order valence-electron chi connectivity index (χ3n) is 3.07. The van der Waals surface area contributed by atoms with Crippen LogP contribution in [-0.2, 0) is 0 Å². The number of fused-ring (bicyclic) bond motifs is 1. The van der Waals surface area contributed by atoms with Gasteiger partial charge < -0.3 is 5.73 Å². The van der Waals surface area contributed by atoms with Crippen LogP contribution in [0, 0.1) is 24.4 Å². The molecule has 1 heterocycles. The van der Waals surface area contributed by atoms with E-state index in [1.165, 1.54) is 4.57 Å². The Labute approximate surface area is 112 Å². The normalized spacial score (nSPS) is 11.2. The number of imidazole rings is 1. The van der Waals surface area contributed by atoms with E-state index in [2.05, 4.69) is 4.98 Å². The molecule has 3 aromatic rings. The fourth-order valence-corrected chi connectivity index (χ4v) is 2.14. The minimum Gasteiger partial charge on any atom is -0.369 e. The predicted molar refractivity (Wildman–Crippen MR) is 70.1 cm³/mol. The number of benzene rings is 2. The molecule has 102 valence electrons. The van der Waals surface area contributed by atoms with Crippen LogP contribution in [0.25, 0.3) is 16.7 Å². The van der Waals surface area contributed by atoms with Gasteiger partial charge in [0, 0.05) is 12.1 Å². The van der Waals surface area contributed by atoms with Crippen LogP contribution >= 0.6 is 0 Å². The molecule has 0 aliphatic heterocycles. The molecular formula is C14H10F3N3. The molecule has 0 atom stereocenters. The van der Waals surface area contributed by atoms with E-state index < -0.39 is 17.5 Å². The van der Waals surface area contributed by atoms with Crippen molar-refractivity contribution in [2.45, 2.75) is 6.92 Å². The van der Waals surface area contributed by atoms with Gasteiger partial charge in [0.05, 0.1) is 16.7 Å². The Hall–Kier alpha value is -2.50. The van der Waals surface area contributed by atoms with Crippen molar-refractivity contribution in [3.63, 3.8) is 0 Å². The molecule has 0 amide bonds. The molecular weight excluding hydrogens is 267 g/mol. The molecule has 0 radical (unpaired) electrons. The van der Waals surface area contributed by atoms with Crippen molar-refractivity contribution >= 4 is 17.0 Å². The van der Waals surface area contributed by atoms with Crippen LogP contribution in [-0.4, -0.2) is 9.55 Å². The number of nitrogens with zero attached hydrogens (tertiary/aromatic N) is 2. The summed E-state index contributed by atoms with van der Waals surface area (Å²) in [4.78, 5) is 4.08. The summed E-state index contributed by atoms with van der Waals surface area (Å²) in [6.07, 6.45) is 0. The van der Waals surface area contributed by atoms with Gasteiger partial charge in [-0.05, 0) is 24.6 Å². The summed E-state index contributed by atoms with van der Waals surface area (Å²) in [6.45, 7) is 1.86. The number of rotatable bonds is 1. The van der Waals surface area contributed by atoms with Crippen molar-refractivity contribution in [3.8, 4) is 5.69 Å². The number of hydrogen-bond acceptors (Lipinski definition) is 2. The summed E-state index contributed by atoms with van der Waals surface area (Å²) in [5.41, 5.74) is 7.60. The van der Waals surface area contributed by atoms with Crippen molar-refractivity contribution in [1.29, 1.82) is 0 Å². The first kappa shape index (κ1) is 12.5. The van der Waals surface area contributed by atoms with E-state index in [-0.39, 0.29) is 11.6 Å². The molecule has 0 unspecified atom stereocenters. The zero-order chi connectivity index (χ0) is 14.4. The SMILES string of the molecule is Cc1ccc2nc(N)n(-c3cc(F)c(F)cc3F)c2c1. The highest BCUT2D eigenvalue weighted by molar-refractivity contribution is 5.81. The lowest BCUT2D eigenvalue weighted by Crippen LogP contribution is -2.04. The molecule has 1 aromatic heterocycles. The maximum absolute atomic E-state index is 13.9. The van der Waals surface area contributed by atoms with Crippen LogP contribution < -0.4 is 5.73 Å². The Balaban J connectivity index is 2.37. The monoisotopic (exact) mass is 277 g/mol. The molecule has 0 fully saturated rings. The third-order valence-corrected chi connectivity index (χ3v) is 3.07. The van der Waals surface area contributed by atoms with Gasteiger partial charge in [0.25, 0.3) is 0 Å². The largest absolute Gasteiger partial charge is 0.369 e. The van der Waals surface area contributed by atoms with E-state index in [4.69, 9.17) is 5.73 Å². The molecule has 0 spiro atoms. The van der Waals surface area contributed by atoms with Crippen LogP contribution in [0.15, 0.2) is 30.3 Å². The van der Waals surface area contributed by atoms with Crippen molar-refractivity contribution in [1.82, 2.24) is 9.55 Å². The smallest absolute Gasteiger partial charge is 0.206 e. The van der Waals surface area contributed by atoms with E-state index in [1.807, 2.05) is 13.0 Å². The Morgan fingerprint density at radius 2 is 1.70 bits per heavy atom. The number of anilines is 1. The average Bonchev–Trinajstić information content (AvgIpc) is 2.69. The first-order chi connectivity index (χ1) is 9.47. The van der Waals surface area contributed by atoms with Gasteiger partial charge in [-0.3, -0.25) is 4.57 Å². The van der Waals surface area contributed by atoms with Gasteiger partial charge in [0.1, 0.15) is 5.82 Å². The maximum Gasteiger partial charge on any atom is 0.206 e. The van der Waals surface area contributed by atoms with Crippen LogP contribution in [0.2, 0.25) is 0 Å². The molecule has 2 aromatic carbocycles. The second-order valence-electron chi connectivity index (χ2n) is 4.52. The second kappa shape index (κ2) is 4.26. The van der Waals surface area contributed by atoms with E-state index >= 15 is 0 Å². The molecule has 3 rings (SSSR count). The highest BCUT2D eigenvalue weighted by atomic mass is 19.2. The van der Waals surface area contributed by atoms with E-state index in [0.29, 0.717) is 17.1 Å². The Morgan fingerprint density at radius 1 is 1.00 bits per heavy atom. The summed E-state index contributed by atoms with van der Waals surface area (Å²) in [5, 5.41) is 0. The van der Waals surface area contributed by atoms with Crippen LogP contribution in [0.1, 0.15) is 5.56 Å². The summed E-state index contributed by atoms with van der Waals surface area (Å²) >= 11 is 0. The molecule has 2 N–H and O–H groups in total. The van der Waals surface area contributed by atoms with Crippen molar-refractivity contribution in [2.75, 3.05) is 5.73 Å². The molecule has 0 aliphatic rings. The Kier molecular flexibility index (Phi) is 2.67. The molecule has 3 nitrogen and oxygen atoms in total. The number of aryl methyl sites for hydroxylation is 1. The van der Waals surface area contributed by atoms with Crippen LogP contribution in [0.5, 0.6) is 0 Å². The first-order valence-corrected chi connectivity index (χ1v) is 5.87. The van der Waals surface area contributed by atoms with Gasteiger partial charge in [-0.25, -0.2) is 18.2 Å². The molecule has 0 bridgehead atoms. The standard InChI is InChI=1S/C14H10F3N3/c1-7-2-3-11-13(4-7)20(14(18)19-11)12-6-9(16)8(15)5-10(12)17/h2-6H,1H3,(H2,18,19). The van der Waals surface area contributed by atoms with Crippen molar-refractivity contribution < 1.29 is 13.2 Å². The predicted octanol–water partition coefficient (Wildman–Crippen LogP) is 3.33. The average molecular weight is 277 g/mol. The van der Waals surface area contributed by atoms with E-state index in [0.717, 1.165) is 11.6 Å². The number of halogens is 3. The highest BCUT2D eigenvalue weighted by Gasteiger charge is 2.16. The Morgan fingerprint density at radius 3 is 2.45 bits per heavy atom. The number of nitrogen functional groups attached to an aromatic ring is 1. The molecule has 0 saturated heterocycles. The van der Waals surface area contributed by atoms with Crippen LogP contribution in [0.3, 0.4) is 0 Å². The molecule has 0 aliphatic carbocycles. The van der Waals surface area contributed by atoms with Crippen LogP contribution in [0.4, 0.5) is 19.1 Å². The lowest BCUT2D eigenvalue weighted by atomic mass is 10.2. The zero-order valence-electron chi connectivity index (χ0n) is 10.5. The minimum atomic E-state index is -1.24. The summed E-state index contributed by atoms with van der Waals surface area (Å²) in [6, 6.07) is 6.58. The molecule has 0 saturated carbocycles. The van der Waals surface area contributed by atoms with Crippen molar-refractivity contribution in [2.24, 2.45) is 0 Å². The van der Waals surface area contributed by atoms with Gasteiger partial charge in [-0.2, -0.15) is 0 Å². The summed E-state index contributed by atoms with van der Waals surface area (Å²) in [5.74, 6) is -3.28. The number of nitrogens with two attached hydrogens (primary N) is 1. The lowest BCUT2D eigenvalue weighted by molar-refractivity contribution is 0.493. The summed E-state index contributed by atoms with van der Waals surface area (Å²) < 4.78 is 41.5. The van der Waals surface area contributed by atoms with Gasteiger partial charge in [-0.1, -0.05) is 6.07 Å². The first-order valence-electron chi connectivity index (χ1n) is 5.87. The van der Waals surface area contributed by atoms with Gasteiger partial charge in [0.2, 0.25) is 5.95 Å². The fraction of sp³-hybridized carbons (Fsp3) is 0.0714. The molecule has 6 heteroatoms. The third kappa shape index (κ3) is 1.80. The maximum atomic E-state index is 13.9. The second-order valence-corrected chi connectivity index (χ2v) is 4.52. The summed E-state index contributed by atoms with van der Waals surface area (Å²) in [7, 11) is 0. The minimum absolute atomic E-state index is 0.00973. The van der Waals surface area contributed by atoms with E-state index in [9.17, 15) is 13.2 Å². The van der Waals surface area contributed by atoms with Gasteiger partial charge in [0.15, 0.2) is 11.6 Å². The van der Waals surface area contributed by atoms with E-state index in [1.54, 1.807) is 12.1 Å². The fourth-order valence-electron chi connectivity index (χ4n) is 2.14. The van der Waals surface area contributed by atoms with Gasteiger partial charge in [-0.15, -0.1) is 0 Å². The number of hydrogen-bond donors (Lipinski definition) is 1. The lowest BCUT2D eigenvalue weighted by Gasteiger charge is -2.08. The zero-order valence-corrected chi connectivity index (χ0v) is 10.5. The topological polar surface area (TPSA) is 43.8 Å².